The lowest BCUT2D eigenvalue weighted by Crippen LogP contribution is -2.52. The normalized spacial score (nSPS) is 13.3. The van der Waals surface area contributed by atoms with Gasteiger partial charge in [-0.25, -0.2) is 0 Å². The molecule has 0 rings (SSSR count). The third-order valence-electron chi connectivity index (χ3n) is 2.38. The number of carboxylic acid groups (broad SMARTS) is 1. The van der Waals surface area contributed by atoms with Gasteiger partial charge in [0.1, 0.15) is 0 Å². The molecule has 0 heterocycles. The molecule has 0 aromatic rings. The molecule has 94 valence electrons. The van der Waals surface area contributed by atoms with Gasteiger partial charge in [-0.3, -0.25) is 9.59 Å². The Balaban J connectivity index is 4.68. The smallest absolute Gasteiger partial charge is 0.305 e. The highest BCUT2D eigenvalue weighted by Crippen LogP contribution is 2.15. The van der Waals surface area contributed by atoms with Crippen LogP contribution in [0, 0.1) is 0 Å². The molecule has 0 saturated heterocycles. The highest BCUT2D eigenvalue weighted by Gasteiger charge is 2.29. The van der Waals surface area contributed by atoms with Gasteiger partial charge in [0.25, 0.3) is 0 Å². The second-order valence-electron chi connectivity index (χ2n) is 4.82. The molecule has 0 spiro atoms. The Hall–Kier alpha value is -1.10. The molecule has 0 aliphatic heterocycles. The molecule has 1 amide bonds. The van der Waals surface area contributed by atoms with E-state index in [1.165, 1.54) is 4.90 Å². The molecule has 0 radical (unpaired) electrons. The highest BCUT2D eigenvalue weighted by atomic mass is 16.4. The van der Waals surface area contributed by atoms with E-state index in [4.69, 9.17) is 10.8 Å². The lowest BCUT2D eigenvalue weighted by Gasteiger charge is -2.37. The summed E-state index contributed by atoms with van der Waals surface area (Å²) in [5, 5.41) is 8.64. The van der Waals surface area contributed by atoms with Crippen molar-refractivity contribution in [3.8, 4) is 0 Å². The SMILES string of the molecule is CCC(N)C(=O)N(CCC(=O)O)C(C)(C)C. The molecule has 0 bridgehead atoms. The molecule has 0 aromatic carbocycles. The van der Waals surface area contributed by atoms with Crippen molar-refractivity contribution in [2.24, 2.45) is 5.73 Å². The van der Waals surface area contributed by atoms with Gasteiger partial charge in [-0.1, -0.05) is 6.92 Å². The van der Waals surface area contributed by atoms with E-state index in [0.717, 1.165) is 0 Å². The van der Waals surface area contributed by atoms with Crippen molar-refractivity contribution >= 4 is 11.9 Å². The predicted molar refractivity (Wildman–Crippen MR) is 62.0 cm³/mol. The van der Waals surface area contributed by atoms with Crippen LogP contribution in [0.4, 0.5) is 0 Å². The molecule has 0 aliphatic rings. The Kier molecular flexibility index (Phi) is 5.44. The van der Waals surface area contributed by atoms with Crippen LogP contribution in [0.15, 0.2) is 0 Å². The molecule has 5 nitrogen and oxygen atoms in total. The van der Waals surface area contributed by atoms with Crippen molar-refractivity contribution in [2.75, 3.05) is 6.54 Å². The van der Waals surface area contributed by atoms with Gasteiger partial charge in [-0.15, -0.1) is 0 Å². The maximum absolute atomic E-state index is 11.9. The summed E-state index contributed by atoms with van der Waals surface area (Å²) in [5.41, 5.74) is 5.28. The molecule has 0 aliphatic carbocycles. The minimum absolute atomic E-state index is 0.0561. The van der Waals surface area contributed by atoms with Crippen LogP contribution in [0.5, 0.6) is 0 Å². The number of aliphatic carboxylic acids is 1. The Morgan fingerprint density at radius 1 is 1.38 bits per heavy atom. The second-order valence-corrected chi connectivity index (χ2v) is 4.82. The van der Waals surface area contributed by atoms with Crippen LogP contribution in [-0.2, 0) is 9.59 Å². The molecule has 1 atom stereocenters. The molecule has 0 saturated carbocycles. The average Bonchev–Trinajstić information content (AvgIpc) is 2.13. The van der Waals surface area contributed by atoms with Gasteiger partial charge in [0.2, 0.25) is 5.91 Å². The van der Waals surface area contributed by atoms with Crippen LogP contribution in [0.2, 0.25) is 0 Å². The first-order valence-corrected chi connectivity index (χ1v) is 5.49. The van der Waals surface area contributed by atoms with E-state index in [9.17, 15) is 9.59 Å². The zero-order valence-electron chi connectivity index (χ0n) is 10.5. The van der Waals surface area contributed by atoms with Gasteiger partial charge in [0, 0.05) is 12.1 Å². The summed E-state index contributed by atoms with van der Waals surface area (Å²) in [7, 11) is 0. The van der Waals surface area contributed by atoms with E-state index >= 15 is 0 Å². The Morgan fingerprint density at radius 3 is 2.19 bits per heavy atom. The van der Waals surface area contributed by atoms with E-state index in [0.29, 0.717) is 6.42 Å². The zero-order valence-corrected chi connectivity index (χ0v) is 10.5. The minimum Gasteiger partial charge on any atom is -0.481 e. The summed E-state index contributed by atoms with van der Waals surface area (Å²) >= 11 is 0. The molecular weight excluding hydrogens is 208 g/mol. The minimum atomic E-state index is -0.910. The number of carboxylic acids is 1. The fraction of sp³-hybridized carbons (Fsp3) is 0.818. The summed E-state index contributed by atoms with van der Waals surface area (Å²) in [6.45, 7) is 7.64. The van der Waals surface area contributed by atoms with Crippen LogP contribution < -0.4 is 5.73 Å². The maximum Gasteiger partial charge on any atom is 0.305 e. The molecular formula is C11H22N2O3. The van der Waals surface area contributed by atoms with Crippen molar-refractivity contribution in [3.63, 3.8) is 0 Å². The van der Waals surface area contributed by atoms with Crippen molar-refractivity contribution < 1.29 is 14.7 Å². The number of nitrogens with zero attached hydrogens (tertiary/aromatic N) is 1. The predicted octanol–water partition coefficient (Wildman–Crippen LogP) is 0.825. The summed E-state index contributed by atoms with van der Waals surface area (Å²) < 4.78 is 0. The van der Waals surface area contributed by atoms with Crippen molar-refractivity contribution in [3.05, 3.63) is 0 Å². The van der Waals surface area contributed by atoms with Crippen molar-refractivity contribution in [1.82, 2.24) is 4.90 Å². The molecule has 3 N–H and O–H groups in total. The van der Waals surface area contributed by atoms with Crippen LogP contribution in [0.3, 0.4) is 0 Å². The van der Waals surface area contributed by atoms with Crippen LogP contribution in [0.25, 0.3) is 0 Å². The number of nitrogens with two attached hydrogens (primary N) is 1. The number of amides is 1. The van der Waals surface area contributed by atoms with Gasteiger partial charge in [-0.05, 0) is 27.2 Å². The molecule has 1 unspecified atom stereocenters. The van der Waals surface area contributed by atoms with E-state index in [2.05, 4.69) is 0 Å². The fourth-order valence-electron chi connectivity index (χ4n) is 1.36. The lowest BCUT2D eigenvalue weighted by molar-refractivity contribution is -0.141. The summed E-state index contributed by atoms with van der Waals surface area (Å²) in [5.74, 6) is -1.09. The quantitative estimate of drug-likeness (QED) is 0.732. The lowest BCUT2D eigenvalue weighted by atomic mass is 10.0. The first kappa shape index (κ1) is 14.9. The summed E-state index contributed by atoms with van der Waals surface area (Å²) in [4.78, 5) is 24.0. The number of hydrogen-bond donors (Lipinski definition) is 2. The third kappa shape index (κ3) is 4.61. The van der Waals surface area contributed by atoms with Gasteiger partial charge in [0.05, 0.1) is 12.5 Å². The molecule has 0 aromatic heterocycles. The van der Waals surface area contributed by atoms with Gasteiger partial charge >= 0.3 is 5.97 Å². The Bertz CT molecular complexity index is 258. The van der Waals surface area contributed by atoms with E-state index in [1.807, 2.05) is 27.7 Å². The highest BCUT2D eigenvalue weighted by molar-refractivity contribution is 5.82. The standard InChI is InChI=1S/C11H22N2O3/c1-5-8(12)10(16)13(11(2,3)4)7-6-9(14)15/h8H,5-7,12H2,1-4H3,(H,14,15). The third-order valence-corrected chi connectivity index (χ3v) is 2.38. The molecule has 16 heavy (non-hydrogen) atoms. The number of hydrogen-bond acceptors (Lipinski definition) is 3. The average molecular weight is 230 g/mol. The van der Waals surface area contributed by atoms with Gasteiger partial charge < -0.3 is 15.7 Å². The first-order valence-electron chi connectivity index (χ1n) is 5.49. The van der Waals surface area contributed by atoms with E-state index in [1.54, 1.807) is 0 Å². The number of rotatable bonds is 5. The summed E-state index contributed by atoms with van der Waals surface area (Å²) in [6.07, 6.45) is 0.498. The number of carbonyl (C=O) groups excluding carboxylic acids is 1. The summed E-state index contributed by atoms with van der Waals surface area (Å²) in [6, 6.07) is -0.548. The zero-order chi connectivity index (χ0) is 12.9. The fourth-order valence-corrected chi connectivity index (χ4v) is 1.36. The monoisotopic (exact) mass is 230 g/mol. The van der Waals surface area contributed by atoms with Crippen LogP contribution in [0.1, 0.15) is 40.5 Å². The van der Waals surface area contributed by atoms with Crippen molar-refractivity contribution in [1.29, 1.82) is 0 Å². The van der Waals surface area contributed by atoms with Gasteiger partial charge in [-0.2, -0.15) is 0 Å². The van der Waals surface area contributed by atoms with Crippen LogP contribution >= 0.6 is 0 Å². The Morgan fingerprint density at radius 2 is 1.88 bits per heavy atom. The Labute approximate surface area is 96.6 Å². The van der Waals surface area contributed by atoms with E-state index < -0.39 is 17.6 Å². The molecule has 5 heteroatoms. The first-order chi connectivity index (χ1) is 7.20. The topological polar surface area (TPSA) is 83.6 Å². The second kappa shape index (κ2) is 5.84. The van der Waals surface area contributed by atoms with Crippen LogP contribution in [-0.4, -0.2) is 40.0 Å². The largest absolute Gasteiger partial charge is 0.481 e. The van der Waals surface area contributed by atoms with Crippen molar-refractivity contribution in [2.45, 2.75) is 52.1 Å². The number of carbonyl (C=O) groups is 2. The maximum atomic E-state index is 11.9. The van der Waals surface area contributed by atoms with E-state index in [-0.39, 0.29) is 18.9 Å². The van der Waals surface area contributed by atoms with Gasteiger partial charge in [0.15, 0.2) is 0 Å². The molecule has 0 fully saturated rings.